The van der Waals surface area contributed by atoms with Gasteiger partial charge < -0.3 is 14.2 Å². The van der Waals surface area contributed by atoms with Crippen LogP contribution in [-0.4, -0.2) is 26.0 Å². The van der Waals surface area contributed by atoms with Crippen molar-refractivity contribution in [3.05, 3.63) is 53.1 Å². The number of nitrogens with zero attached hydrogens (tertiary/aromatic N) is 1. The summed E-state index contributed by atoms with van der Waals surface area (Å²) in [6.07, 6.45) is -3.23. The van der Waals surface area contributed by atoms with Gasteiger partial charge in [0.15, 0.2) is 11.5 Å². The van der Waals surface area contributed by atoms with Crippen molar-refractivity contribution in [2.75, 3.05) is 13.9 Å². The van der Waals surface area contributed by atoms with Gasteiger partial charge in [-0.3, -0.25) is 4.79 Å². The topological polar surface area (TPSA) is 69.2 Å². The number of alkyl halides is 3. The fraction of sp³-hybridized carbons (Fsp3) is 0.176. The summed E-state index contributed by atoms with van der Waals surface area (Å²) in [6, 6.07) is 7.28. The van der Waals surface area contributed by atoms with Gasteiger partial charge in [-0.15, -0.1) is 0 Å². The zero-order valence-corrected chi connectivity index (χ0v) is 13.5. The molecule has 0 fully saturated rings. The molecule has 26 heavy (non-hydrogen) atoms. The lowest BCUT2D eigenvalue weighted by molar-refractivity contribution is -0.137. The van der Waals surface area contributed by atoms with Crippen LogP contribution in [0.4, 0.5) is 13.2 Å². The van der Waals surface area contributed by atoms with Gasteiger partial charge in [0, 0.05) is 17.2 Å². The van der Waals surface area contributed by atoms with Crippen LogP contribution in [0.15, 0.2) is 41.5 Å². The monoisotopic (exact) mass is 366 g/mol. The first kappa shape index (κ1) is 17.6. The van der Waals surface area contributed by atoms with Gasteiger partial charge in [-0.2, -0.15) is 18.3 Å². The van der Waals surface area contributed by atoms with Gasteiger partial charge in [0.25, 0.3) is 5.91 Å². The molecule has 0 radical (unpaired) electrons. The molecule has 0 atom stereocenters. The van der Waals surface area contributed by atoms with E-state index in [-0.39, 0.29) is 12.4 Å². The standard InChI is InChI=1S/C17H13F3N2O4/c1-24-13-7-15-14(25-9-26-15)6-11(13)8-21-22-16(23)10-3-2-4-12(5-10)17(18,19)20/h2-8H,9H2,1H3,(H,22,23)/b21-8+. The Morgan fingerprint density at radius 1 is 1.23 bits per heavy atom. The second kappa shape index (κ2) is 6.95. The lowest BCUT2D eigenvalue weighted by Gasteiger charge is -2.08. The molecule has 0 saturated carbocycles. The molecule has 1 aliphatic rings. The molecular formula is C17H13F3N2O4. The first-order valence-electron chi connectivity index (χ1n) is 7.37. The zero-order valence-electron chi connectivity index (χ0n) is 13.5. The number of methoxy groups -OCH3 is 1. The van der Waals surface area contributed by atoms with Gasteiger partial charge in [0.05, 0.1) is 18.9 Å². The van der Waals surface area contributed by atoms with Crippen LogP contribution in [0.5, 0.6) is 17.2 Å². The third kappa shape index (κ3) is 3.71. The Balaban J connectivity index is 1.74. The summed E-state index contributed by atoms with van der Waals surface area (Å²) in [7, 11) is 1.45. The second-order valence-electron chi connectivity index (χ2n) is 5.23. The molecule has 0 aromatic heterocycles. The van der Waals surface area contributed by atoms with Crippen molar-refractivity contribution in [1.29, 1.82) is 0 Å². The van der Waals surface area contributed by atoms with Crippen molar-refractivity contribution in [2.45, 2.75) is 6.18 Å². The number of carbonyl (C=O) groups excluding carboxylic acids is 1. The van der Waals surface area contributed by atoms with E-state index in [9.17, 15) is 18.0 Å². The molecule has 0 aliphatic carbocycles. The zero-order chi connectivity index (χ0) is 18.7. The molecule has 2 aromatic carbocycles. The minimum absolute atomic E-state index is 0.0887. The summed E-state index contributed by atoms with van der Waals surface area (Å²) in [5.74, 6) is 0.682. The van der Waals surface area contributed by atoms with E-state index in [1.165, 1.54) is 19.4 Å². The number of carbonyl (C=O) groups is 1. The Morgan fingerprint density at radius 3 is 2.65 bits per heavy atom. The van der Waals surface area contributed by atoms with E-state index in [2.05, 4.69) is 10.5 Å². The van der Waals surface area contributed by atoms with E-state index >= 15 is 0 Å². The SMILES string of the molecule is COc1cc2c(cc1/C=N/NC(=O)c1cccc(C(F)(F)F)c1)OCO2. The Hall–Kier alpha value is -3.23. The highest BCUT2D eigenvalue weighted by Gasteiger charge is 2.30. The largest absolute Gasteiger partial charge is 0.496 e. The van der Waals surface area contributed by atoms with Crippen LogP contribution in [-0.2, 0) is 6.18 Å². The van der Waals surface area contributed by atoms with Crippen molar-refractivity contribution >= 4 is 12.1 Å². The Morgan fingerprint density at radius 2 is 1.96 bits per heavy atom. The molecule has 2 aromatic rings. The first-order chi connectivity index (χ1) is 12.4. The molecule has 1 N–H and O–H groups in total. The van der Waals surface area contributed by atoms with Crippen LogP contribution >= 0.6 is 0 Å². The fourth-order valence-electron chi connectivity index (χ4n) is 2.28. The van der Waals surface area contributed by atoms with Gasteiger partial charge in [-0.05, 0) is 24.3 Å². The van der Waals surface area contributed by atoms with Crippen LogP contribution in [0.2, 0.25) is 0 Å². The van der Waals surface area contributed by atoms with E-state index in [4.69, 9.17) is 14.2 Å². The van der Waals surface area contributed by atoms with E-state index < -0.39 is 17.6 Å². The minimum Gasteiger partial charge on any atom is -0.496 e. The summed E-state index contributed by atoms with van der Waals surface area (Å²) >= 11 is 0. The maximum absolute atomic E-state index is 12.7. The van der Waals surface area contributed by atoms with Gasteiger partial charge in [-0.1, -0.05) is 6.07 Å². The van der Waals surface area contributed by atoms with Gasteiger partial charge in [0.1, 0.15) is 5.75 Å². The molecule has 0 saturated heterocycles. The Labute approximate surface area is 146 Å². The smallest absolute Gasteiger partial charge is 0.416 e. The molecule has 9 heteroatoms. The van der Waals surface area contributed by atoms with Crippen molar-refractivity contribution < 1.29 is 32.2 Å². The van der Waals surface area contributed by atoms with E-state index in [0.29, 0.717) is 22.8 Å². The molecule has 1 aliphatic heterocycles. The lowest BCUT2D eigenvalue weighted by atomic mass is 10.1. The van der Waals surface area contributed by atoms with Crippen LogP contribution in [0, 0.1) is 0 Å². The molecule has 0 bridgehead atoms. The summed E-state index contributed by atoms with van der Waals surface area (Å²) in [4.78, 5) is 12.0. The van der Waals surface area contributed by atoms with Crippen molar-refractivity contribution in [3.63, 3.8) is 0 Å². The predicted molar refractivity (Wildman–Crippen MR) is 85.6 cm³/mol. The molecule has 1 heterocycles. The maximum atomic E-state index is 12.7. The quantitative estimate of drug-likeness (QED) is 0.666. The number of amides is 1. The van der Waals surface area contributed by atoms with E-state index in [1.807, 2.05) is 0 Å². The third-order valence-corrected chi connectivity index (χ3v) is 3.55. The molecule has 0 unspecified atom stereocenters. The average Bonchev–Trinajstić information content (AvgIpc) is 3.07. The molecule has 6 nitrogen and oxygen atoms in total. The van der Waals surface area contributed by atoms with Gasteiger partial charge in [0.2, 0.25) is 6.79 Å². The lowest BCUT2D eigenvalue weighted by Crippen LogP contribution is -2.18. The number of benzene rings is 2. The molecule has 136 valence electrons. The molecule has 1 amide bonds. The number of rotatable bonds is 4. The maximum Gasteiger partial charge on any atom is 0.416 e. The summed E-state index contributed by atoms with van der Waals surface area (Å²) < 4.78 is 53.8. The Bertz CT molecular complexity index is 866. The highest BCUT2D eigenvalue weighted by Crippen LogP contribution is 2.37. The number of fused-ring (bicyclic) bond motifs is 1. The number of ether oxygens (including phenoxy) is 3. The minimum atomic E-state index is -4.53. The van der Waals surface area contributed by atoms with E-state index in [1.54, 1.807) is 12.1 Å². The first-order valence-corrected chi connectivity index (χ1v) is 7.37. The third-order valence-electron chi connectivity index (χ3n) is 3.55. The normalized spacial score (nSPS) is 13.1. The van der Waals surface area contributed by atoms with Gasteiger partial charge >= 0.3 is 6.18 Å². The van der Waals surface area contributed by atoms with E-state index in [0.717, 1.165) is 18.2 Å². The van der Waals surface area contributed by atoms with Crippen LogP contribution in [0.1, 0.15) is 21.5 Å². The number of nitrogens with one attached hydrogen (secondary N) is 1. The molecule has 3 rings (SSSR count). The summed E-state index contributed by atoms with van der Waals surface area (Å²) in [6.45, 7) is 0.0887. The van der Waals surface area contributed by atoms with Gasteiger partial charge in [-0.25, -0.2) is 5.43 Å². The highest BCUT2D eigenvalue weighted by atomic mass is 19.4. The number of hydrogen-bond donors (Lipinski definition) is 1. The number of hydrazone groups is 1. The number of halogens is 3. The second-order valence-corrected chi connectivity index (χ2v) is 5.23. The highest BCUT2D eigenvalue weighted by molar-refractivity contribution is 5.95. The van der Waals surface area contributed by atoms with Crippen LogP contribution < -0.4 is 19.6 Å². The molecular weight excluding hydrogens is 353 g/mol. The Kier molecular flexibility index (Phi) is 4.70. The van der Waals surface area contributed by atoms with Crippen molar-refractivity contribution in [3.8, 4) is 17.2 Å². The van der Waals surface area contributed by atoms with Crippen molar-refractivity contribution in [2.24, 2.45) is 5.10 Å². The van der Waals surface area contributed by atoms with Crippen LogP contribution in [0.25, 0.3) is 0 Å². The summed E-state index contributed by atoms with van der Waals surface area (Å²) in [5.41, 5.74) is 1.61. The van der Waals surface area contributed by atoms with Crippen molar-refractivity contribution in [1.82, 2.24) is 5.43 Å². The average molecular weight is 366 g/mol. The predicted octanol–water partition coefficient (Wildman–Crippen LogP) is 3.21. The molecule has 0 spiro atoms. The fourth-order valence-corrected chi connectivity index (χ4v) is 2.28. The summed E-state index contributed by atoms with van der Waals surface area (Å²) in [5, 5.41) is 3.76. The van der Waals surface area contributed by atoms with Crippen LogP contribution in [0.3, 0.4) is 0 Å². The number of hydrogen-bond acceptors (Lipinski definition) is 5.